The van der Waals surface area contributed by atoms with E-state index in [9.17, 15) is 9.65 Å². The molecule has 0 radical (unpaired) electrons. The van der Waals surface area contributed by atoms with Crippen LogP contribution in [0.25, 0.3) is 78.3 Å². The number of pyridine rings is 3. The number of nitriles is 1. The maximum absolute atomic E-state index is 15.2. The van der Waals surface area contributed by atoms with Gasteiger partial charge in [0.1, 0.15) is 6.07 Å². The van der Waals surface area contributed by atoms with E-state index < -0.39 is 11.6 Å². The van der Waals surface area contributed by atoms with Gasteiger partial charge in [-0.15, -0.1) is 0 Å². The normalized spacial score (nSPS) is 11.0. The van der Waals surface area contributed by atoms with E-state index in [4.69, 9.17) is 0 Å². The molecule has 0 saturated heterocycles. The lowest BCUT2D eigenvalue weighted by molar-refractivity contribution is 0.509. The van der Waals surface area contributed by atoms with Crippen LogP contribution in [0.15, 0.2) is 219 Å². The van der Waals surface area contributed by atoms with E-state index in [1.807, 2.05) is 79.1 Å². The van der Waals surface area contributed by atoms with Gasteiger partial charge in [0.25, 0.3) is 0 Å². The van der Waals surface area contributed by atoms with E-state index in [2.05, 4.69) is 124 Å². The quantitative estimate of drug-likeness (QED) is 0.116. The number of aromatic nitrogens is 3. The molecule has 0 N–H and O–H groups in total. The van der Waals surface area contributed by atoms with Crippen molar-refractivity contribution in [3.63, 3.8) is 0 Å². The largest absolute Gasteiger partial charge is 0.256 e. The van der Waals surface area contributed by atoms with Crippen molar-refractivity contribution in [3.05, 3.63) is 258 Å². The van der Waals surface area contributed by atoms with Gasteiger partial charge in [-0.3, -0.25) is 15.0 Å². The maximum Gasteiger partial charge on any atom is 0.177 e. The first kappa shape index (κ1) is 43.2. The van der Waals surface area contributed by atoms with Crippen LogP contribution >= 0.6 is 0 Å². The van der Waals surface area contributed by atoms with Gasteiger partial charge < -0.3 is 0 Å². The summed E-state index contributed by atoms with van der Waals surface area (Å²) in [7, 11) is 0. The van der Waals surface area contributed by atoms with Gasteiger partial charge >= 0.3 is 0 Å². The molecule has 0 spiro atoms. The third-order valence-electron chi connectivity index (χ3n) is 12.5. The Morgan fingerprint density at radius 2 is 0.750 bits per heavy atom. The lowest BCUT2D eigenvalue weighted by atomic mass is 9.86. The zero-order valence-corrected chi connectivity index (χ0v) is 37.2. The molecule has 0 unspecified atom stereocenters. The number of nitrogens with zero attached hydrogens (tertiary/aromatic N) is 4. The molecular formula is C62H44F2N4. The highest BCUT2D eigenvalue weighted by Crippen LogP contribution is 2.41. The van der Waals surface area contributed by atoms with Gasteiger partial charge in [0.05, 0.1) is 22.6 Å². The van der Waals surface area contributed by atoms with Crippen LogP contribution in [-0.2, 0) is 25.7 Å². The summed E-state index contributed by atoms with van der Waals surface area (Å²) in [5.41, 5.74) is 17.5. The van der Waals surface area contributed by atoms with Gasteiger partial charge in [0, 0.05) is 40.8 Å². The van der Waals surface area contributed by atoms with Crippen molar-refractivity contribution in [2.24, 2.45) is 0 Å². The van der Waals surface area contributed by atoms with Crippen molar-refractivity contribution in [1.82, 2.24) is 15.0 Å². The van der Waals surface area contributed by atoms with E-state index in [0.29, 0.717) is 5.56 Å². The summed E-state index contributed by atoms with van der Waals surface area (Å²) in [5.74, 6) is -2.18. The second-order valence-corrected chi connectivity index (χ2v) is 16.9. The molecule has 0 aliphatic carbocycles. The Morgan fingerprint density at radius 3 is 1.26 bits per heavy atom. The molecule has 0 aliphatic rings. The standard InChI is InChI=1S/C62H44F2N4/c63-61-51(41-65)31-32-54(62(61)64)46-26-28-47(29-27-46)57-40-50(60-13-5-8-36-68-60)30-33-56(57)55-10-2-1-9-53(55)52-38-44(16-14-42-18-22-48(23-19-42)58-11-3-6-34-66-58)37-45(39-52)17-15-43-20-24-49(25-21-43)59-12-4-7-35-67-59/h1-13,18-40H,14-17H2. The summed E-state index contributed by atoms with van der Waals surface area (Å²) in [6.45, 7) is 0. The van der Waals surface area contributed by atoms with Crippen molar-refractivity contribution in [2.45, 2.75) is 25.7 Å². The third-order valence-corrected chi connectivity index (χ3v) is 12.5. The summed E-state index contributed by atoms with van der Waals surface area (Å²) in [4.78, 5) is 13.7. The second kappa shape index (κ2) is 19.8. The van der Waals surface area contributed by atoms with Gasteiger partial charge in [-0.05, 0) is 141 Å². The monoisotopic (exact) mass is 882 g/mol. The zero-order chi connectivity index (χ0) is 46.2. The molecule has 10 rings (SSSR count). The van der Waals surface area contributed by atoms with Crippen LogP contribution in [0, 0.1) is 23.0 Å². The molecule has 6 heteroatoms. The van der Waals surface area contributed by atoms with Crippen LogP contribution in [0.5, 0.6) is 0 Å². The van der Waals surface area contributed by atoms with Gasteiger partial charge in [-0.1, -0.05) is 146 Å². The molecule has 0 saturated carbocycles. The molecule has 3 heterocycles. The molecular weight excluding hydrogens is 839 g/mol. The van der Waals surface area contributed by atoms with E-state index in [0.717, 1.165) is 92.8 Å². The molecule has 10 aromatic rings. The topological polar surface area (TPSA) is 62.5 Å². The fourth-order valence-electron chi connectivity index (χ4n) is 8.90. The molecule has 0 bridgehead atoms. The molecule has 0 aliphatic heterocycles. The highest BCUT2D eigenvalue weighted by molar-refractivity contribution is 5.94. The number of hydrogen-bond donors (Lipinski definition) is 0. The maximum atomic E-state index is 15.2. The Labute approximate surface area is 395 Å². The number of hydrogen-bond acceptors (Lipinski definition) is 4. The van der Waals surface area contributed by atoms with Crippen LogP contribution in [0.1, 0.15) is 27.8 Å². The molecule has 68 heavy (non-hydrogen) atoms. The third kappa shape index (κ3) is 9.51. The van der Waals surface area contributed by atoms with E-state index in [-0.39, 0.29) is 11.1 Å². The Kier molecular flexibility index (Phi) is 12.6. The van der Waals surface area contributed by atoms with Crippen molar-refractivity contribution in [3.8, 4) is 84.3 Å². The van der Waals surface area contributed by atoms with Crippen molar-refractivity contribution < 1.29 is 8.78 Å². The predicted molar refractivity (Wildman–Crippen MR) is 270 cm³/mol. The molecule has 4 nitrogen and oxygen atoms in total. The summed E-state index contributed by atoms with van der Waals surface area (Å²) < 4.78 is 30.0. The SMILES string of the molecule is N#Cc1ccc(-c2ccc(-c3cc(-c4ccccn4)ccc3-c3ccccc3-c3cc(CCc4ccc(-c5ccccn5)cc4)cc(CCc4ccc(-c5ccccn5)cc4)c3)cc2)c(F)c1F. The van der Waals surface area contributed by atoms with E-state index in [1.54, 1.807) is 24.4 Å². The minimum atomic E-state index is -1.14. The molecule has 0 fully saturated rings. The average molecular weight is 883 g/mol. The van der Waals surface area contributed by atoms with Crippen LogP contribution in [-0.4, -0.2) is 15.0 Å². The molecule has 7 aromatic carbocycles. The molecule has 3 aromatic heterocycles. The minimum Gasteiger partial charge on any atom is -0.256 e. The van der Waals surface area contributed by atoms with Gasteiger partial charge in [-0.25, -0.2) is 8.78 Å². The first-order chi connectivity index (χ1) is 33.5. The Morgan fingerprint density at radius 1 is 0.324 bits per heavy atom. The number of benzene rings is 7. The minimum absolute atomic E-state index is 0.0968. The summed E-state index contributed by atoms with van der Waals surface area (Å²) >= 11 is 0. The van der Waals surface area contributed by atoms with Crippen LogP contribution in [0.2, 0.25) is 0 Å². The smallest absolute Gasteiger partial charge is 0.177 e. The van der Waals surface area contributed by atoms with Crippen molar-refractivity contribution >= 4 is 0 Å². The lowest BCUT2D eigenvalue weighted by Gasteiger charge is -2.18. The Bertz CT molecular complexity index is 3280. The summed E-state index contributed by atoms with van der Waals surface area (Å²) in [6, 6.07) is 69.3. The lowest BCUT2D eigenvalue weighted by Crippen LogP contribution is -1.98. The first-order valence-corrected chi connectivity index (χ1v) is 22.7. The Balaban J connectivity index is 1.02. The number of aryl methyl sites for hydroxylation is 4. The van der Waals surface area contributed by atoms with Crippen molar-refractivity contribution in [1.29, 1.82) is 5.26 Å². The molecule has 0 amide bonds. The van der Waals surface area contributed by atoms with Gasteiger partial charge in [0.15, 0.2) is 11.6 Å². The van der Waals surface area contributed by atoms with Gasteiger partial charge in [0.2, 0.25) is 0 Å². The van der Waals surface area contributed by atoms with Crippen LogP contribution in [0.4, 0.5) is 8.78 Å². The molecule has 0 atom stereocenters. The first-order valence-electron chi connectivity index (χ1n) is 22.7. The summed E-state index contributed by atoms with van der Waals surface area (Å²) in [6.07, 6.45) is 8.94. The van der Waals surface area contributed by atoms with E-state index >= 15 is 4.39 Å². The second-order valence-electron chi connectivity index (χ2n) is 16.9. The number of rotatable bonds is 13. The highest BCUT2D eigenvalue weighted by Gasteiger charge is 2.18. The average Bonchev–Trinajstić information content (AvgIpc) is 3.41. The Hall–Kier alpha value is -8.66. The number of halogens is 2. The zero-order valence-electron chi connectivity index (χ0n) is 37.2. The summed E-state index contributed by atoms with van der Waals surface area (Å²) in [5, 5.41) is 9.26. The highest BCUT2D eigenvalue weighted by atomic mass is 19.2. The predicted octanol–water partition coefficient (Wildman–Crippen LogP) is 15.3. The fourth-order valence-corrected chi connectivity index (χ4v) is 8.90. The fraction of sp³-hybridized carbons (Fsp3) is 0.0645. The molecule has 326 valence electrons. The van der Waals surface area contributed by atoms with E-state index in [1.165, 1.54) is 34.4 Å². The van der Waals surface area contributed by atoms with Crippen LogP contribution in [0.3, 0.4) is 0 Å². The van der Waals surface area contributed by atoms with Gasteiger partial charge in [-0.2, -0.15) is 5.26 Å². The van der Waals surface area contributed by atoms with Crippen LogP contribution < -0.4 is 0 Å². The van der Waals surface area contributed by atoms with Crippen molar-refractivity contribution in [2.75, 3.05) is 0 Å².